The van der Waals surface area contributed by atoms with Gasteiger partial charge >= 0.3 is 5.97 Å². The van der Waals surface area contributed by atoms with Gasteiger partial charge in [0.15, 0.2) is 0 Å². The van der Waals surface area contributed by atoms with Gasteiger partial charge in [-0.2, -0.15) is 5.48 Å². The summed E-state index contributed by atoms with van der Waals surface area (Å²) in [5.74, 6) is -0.659. The van der Waals surface area contributed by atoms with Crippen molar-refractivity contribution in [2.45, 2.75) is 45.6 Å². The van der Waals surface area contributed by atoms with Crippen molar-refractivity contribution in [3.05, 3.63) is 84.2 Å². The third kappa shape index (κ3) is 6.70. The predicted molar refractivity (Wildman–Crippen MR) is 144 cm³/mol. The van der Waals surface area contributed by atoms with Crippen LogP contribution in [0.5, 0.6) is 5.75 Å². The largest absolute Gasteiger partial charge is 0.491 e. The molecule has 38 heavy (non-hydrogen) atoms. The SMILES string of the molecule is CCCC[C@@H](COc1ccc(-c2cc3ccccc3o2)c(F)c1)Nc1ccccc1C(=O)NOC(=O)CC. The summed E-state index contributed by atoms with van der Waals surface area (Å²) >= 11 is 0. The number of rotatable bonds is 11. The van der Waals surface area contributed by atoms with E-state index in [0.29, 0.717) is 33.9 Å². The molecule has 1 atom stereocenters. The van der Waals surface area contributed by atoms with Crippen LogP contribution in [0.4, 0.5) is 10.1 Å². The lowest BCUT2D eigenvalue weighted by molar-refractivity contribution is -0.148. The van der Waals surface area contributed by atoms with E-state index in [0.717, 1.165) is 24.6 Å². The van der Waals surface area contributed by atoms with E-state index in [4.69, 9.17) is 14.0 Å². The van der Waals surface area contributed by atoms with Gasteiger partial charge < -0.3 is 19.3 Å². The number of halogens is 1. The van der Waals surface area contributed by atoms with Gasteiger partial charge in [0.05, 0.1) is 17.2 Å². The molecule has 3 aromatic carbocycles. The van der Waals surface area contributed by atoms with Crippen molar-refractivity contribution in [2.75, 3.05) is 11.9 Å². The highest BCUT2D eigenvalue weighted by atomic mass is 19.1. The number of nitrogens with one attached hydrogen (secondary N) is 2. The third-order valence-electron chi connectivity index (χ3n) is 6.07. The van der Waals surface area contributed by atoms with E-state index in [-0.39, 0.29) is 19.1 Å². The Hall–Kier alpha value is -4.33. The highest BCUT2D eigenvalue weighted by molar-refractivity contribution is 5.99. The minimum Gasteiger partial charge on any atom is -0.491 e. The van der Waals surface area contributed by atoms with E-state index in [1.165, 1.54) is 6.07 Å². The summed E-state index contributed by atoms with van der Waals surface area (Å²) in [5, 5.41) is 4.27. The van der Waals surface area contributed by atoms with Crippen LogP contribution in [0.1, 0.15) is 49.9 Å². The lowest BCUT2D eigenvalue weighted by Gasteiger charge is -2.22. The smallest absolute Gasteiger partial charge is 0.331 e. The topological polar surface area (TPSA) is 89.8 Å². The van der Waals surface area contributed by atoms with Gasteiger partial charge in [0.2, 0.25) is 0 Å². The van der Waals surface area contributed by atoms with Crippen LogP contribution in [0, 0.1) is 5.82 Å². The monoisotopic (exact) mass is 518 g/mol. The molecule has 2 N–H and O–H groups in total. The molecule has 0 aliphatic carbocycles. The third-order valence-corrected chi connectivity index (χ3v) is 6.07. The Labute approximate surface area is 220 Å². The second-order valence-corrected chi connectivity index (χ2v) is 8.89. The van der Waals surface area contributed by atoms with E-state index in [1.54, 1.807) is 43.3 Å². The Morgan fingerprint density at radius 2 is 1.79 bits per heavy atom. The number of furan rings is 1. The average molecular weight is 519 g/mol. The number of ether oxygens (including phenoxy) is 1. The van der Waals surface area contributed by atoms with Crippen LogP contribution in [0.2, 0.25) is 0 Å². The second-order valence-electron chi connectivity index (χ2n) is 8.89. The molecular formula is C30H31FN2O5. The zero-order chi connectivity index (χ0) is 26.9. The first-order chi connectivity index (χ1) is 18.5. The Bertz CT molecular complexity index is 1370. The molecule has 0 fully saturated rings. The van der Waals surface area contributed by atoms with Crippen molar-refractivity contribution in [1.82, 2.24) is 5.48 Å². The molecule has 0 bridgehead atoms. The van der Waals surface area contributed by atoms with Crippen molar-refractivity contribution in [3.63, 3.8) is 0 Å². The number of hydrogen-bond acceptors (Lipinski definition) is 6. The van der Waals surface area contributed by atoms with Crippen LogP contribution in [-0.4, -0.2) is 24.5 Å². The van der Waals surface area contributed by atoms with Crippen LogP contribution in [-0.2, 0) is 9.63 Å². The number of anilines is 1. The molecule has 0 aliphatic heterocycles. The summed E-state index contributed by atoms with van der Waals surface area (Å²) in [6.07, 6.45) is 2.84. The first-order valence-corrected chi connectivity index (χ1v) is 12.7. The van der Waals surface area contributed by atoms with E-state index < -0.39 is 17.7 Å². The molecule has 198 valence electrons. The Morgan fingerprint density at radius 3 is 2.55 bits per heavy atom. The van der Waals surface area contributed by atoms with E-state index in [1.807, 2.05) is 30.3 Å². The number of fused-ring (bicyclic) bond motifs is 1. The Morgan fingerprint density at radius 1 is 1.00 bits per heavy atom. The molecule has 1 aromatic heterocycles. The molecule has 7 nitrogen and oxygen atoms in total. The number of carbonyl (C=O) groups excluding carboxylic acids is 2. The number of hydrogen-bond donors (Lipinski definition) is 2. The highest BCUT2D eigenvalue weighted by Crippen LogP contribution is 2.31. The first kappa shape index (κ1) is 26.7. The molecule has 0 aliphatic rings. The van der Waals surface area contributed by atoms with Gasteiger partial charge in [0.1, 0.15) is 29.5 Å². The van der Waals surface area contributed by atoms with Crippen LogP contribution >= 0.6 is 0 Å². The number of amides is 1. The standard InChI is InChI=1S/C30H31FN2O5/c1-3-5-11-21(32-26-13-8-7-12-24(26)30(35)33-38-29(34)4-2)19-36-22-15-16-23(25(31)18-22)28-17-20-10-6-9-14-27(20)37-28/h6-10,12-18,21,32H,3-5,11,19H2,1-2H3,(H,33,35)/t21-/m0/s1. The Balaban J connectivity index is 1.44. The fourth-order valence-electron chi connectivity index (χ4n) is 4.00. The molecule has 1 heterocycles. The lowest BCUT2D eigenvalue weighted by Crippen LogP contribution is -2.31. The van der Waals surface area contributed by atoms with Crippen molar-refractivity contribution in [1.29, 1.82) is 0 Å². The molecule has 8 heteroatoms. The maximum Gasteiger partial charge on any atom is 0.331 e. The quantitative estimate of drug-likeness (QED) is 0.210. The second kappa shape index (κ2) is 12.8. The van der Waals surface area contributed by atoms with E-state index in [9.17, 15) is 14.0 Å². The van der Waals surface area contributed by atoms with Crippen molar-refractivity contribution in [3.8, 4) is 17.1 Å². The van der Waals surface area contributed by atoms with Crippen LogP contribution in [0.25, 0.3) is 22.3 Å². The maximum atomic E-state index is 15.0. The fraction of sp³-hybridized carbons (Fsp3) is 0.267. The molecule has 0 saturated heterocycles. The van der Waals surface area contributed by atoms with Gasteiger partial charge in [-0.3, -0.25) is 4.79 Å². The zero-order valence-electron chi connectivity index (χ0n) is 21.5. The minimum atomic E-state index is -0.534. The summed E-state index contributed by atoms with van der Waals surface area (Å²) in [4.78, 5) is 28.8. The maximum absolute atomic E-state index is 15.0. The molecule has 0 radical (unpaired) electrons. The summed E-state index contributed by atoms with van der Waals surface area (Å²) in [6, 6.07) is 20.9. The average Bonchev–Trinajstić information content (AvgIpc) is 3.37. The molecule has 0 saturated carbocycles. The summed E-state index contributed by atoms with van der Waals surface area (Å²) in [7, 11) is 0. The van der Waals surface area contributed by atoms with Gasteiger partial charge in [-0.05, 0) is 42.8 Å². The predicted octanol–water partition coefficient (Wildman–Crippen LogP) is 6.89. The Kier molecular flexibility index (Phi) is 8.98. The molecule has 4 aromatic rings. The highest BCUT2D eigenvalue weighted by Gasteiger charge is 2.17. The van der Waals surface area contributed by atoms with Gasteiger partial charge in [0, 0.05) is 23.6 Å². The van der Waals surface area contributed by atoms with Gasteiger partial charge in [0.25, 0.3) is 5.91 Å². The molecule has 1 amide bonds. The number of unbranched alkanes of at least 4 members (excludes halogenated alkanes) is 1. The minimum absolute atomic E-state index is 0.149. The number of carbonyl (C=O) groups is 2. The van der Waals surface area contributed by atoms with Crippen LogP contribution < -0.4 is 15.5 Å². The fourth-order valence-corrected chi connectivity index (χ4v) is 4.00. The molecule has 0 unspecified atom stereocenters. The zero-order valence-corrected chi connectivity index (χ0v) is 21.5. The summed E-state index contributed by atoms with van der Waals surface area (Å²) < 4.78 is 26.8. The molecular weight excluding hydrogens is 487 g/mol. The van der Waals surface area contributed by atoms with E-state index in [2.05, 4.69) is 17.7 Å². The summed E-state index contributed by atoms with van der Waals surface area (Å²) in [5.41, 5.74) is 4.16. The van der Waals surface area contributed by atoms with Gasteiger partial charge in [-0.1, -0.05) is 57.0 Å². The number of benzene rings is 3. The van der Waals surface area contributed by atoms with Gasteiger partial charge in [-0.25, -0.2) is 9.18 Å². The summed E-state index contributed by atoms with van der Waals surface area (Å²) in [6.45, 7) is 3.98. The first-order valence-electron chi connectivity index (χ1n) is 12.7. The molecule has 4 rings (SSSR count). The number of para-hydroxylation sites is 2. The number of hydroxylamine groups is 1. The van der Waals surface area contributed by atoms with E-state index >= 15 is 0 Å². The van der Waals surface area contributed by atoms with Crippen LogP contribution in [0.15, 0.2) is 77.2 Å². The van der Waals surface area contributed by atoms with Crippen LogP contribution in [0.3, 0.4) is 0 Å². The van der Waals surface area contributed by atoms with Crippen molar-refractivity contribution < 1.29 is 28.0 Å². The van der Waals surface area contributed by atoms with Crippen molar-refractivity contribution in [2.24, 2.45) is 0 Å². The molecule has 0 spiro atoms. The normalized spacial score (nSPS) is 11.7. The van der Waals surface area contributed by atoms with Crippen molar-refractivity contribution >= 4 is 28.5 Å². The lowest BCUT2D eigenvalue weighted by atomic mass is 10.1. The van der Waals surface area contributed by atoms with Gasteiger partial charge in [-0.15, -0.1) is 0 Å².